The molecule has 2 rings (SSSR count). The summed E-state index contributed by atoms with van der Waals surface area (Å²) in [6, 6.07) is 0.616. The van der Waals surface area contributed by atoms with Gasteiger partial charge < -0.3 is 5.32 Å². The van der Waals surface area contributed by atoms with Crippen LogP contribution in [0.3, 0.4) is 0 Å². The average molecular weight is 236 g/mol. The van der Waals surface area contributed by atoms with Crippen LogP contribution in [-0.4, -0.2) is 55.7 Å². The van der Waals surface area contributed by atoms with Crippen molar-refractivity contribution in [2.24, 2.45) is 0 Å². The molecule has 0 aromatic carbocycles. The molecule has 0 radical (unpaired) electrons. The maximum absolute atomic E-state index is 11.4. The van der Waals surface area contributed by atoms with Crippen LogP contribution >= 0.6 is 11.8 Å². The minimum Gasteiger partial charge on any atom is -0.311 e. The van der Waals surface area contributed by atoms with Gasteiger partial charge in [-0.1, -0.05) is 0 Å². The molecule has 0 unspecified atom stereocenters. The first-order valence-electron chi connectivity index (χ1n) is 4.97. The lowest BCUT2D eigenvalue weighted by atomic mass is 10.3. The van der Waals surface area contributed by atoms with Crippen molar-refractivity contribution in [3.63, 3.8) is 0 Å². The van der Waals surface area contributed by atoms with Crippen LogP contribution in [0.5, 0.6) is 0 Å². The molecule has 0 aromatic heterocycles. The molecular formula is C8H16N2O2S2. The van der Waals surface area contributed by atoms with Gasteiger partial charge in [-0.25, -0.2) is 12.7 Å². The van der Waals surface area contributed by atoms with Gasteiger partial charge in [-0.15, -0.1) is 0 Å². The minimum absolute atomic E-state index is 0.340. The van der Waals surface area contributed by atoms with Gasteiger partial charge in [-0.05, 0) is 6.42 Å². The molecule has 0 saturated carbocycles. The van der Waals surface area contributed by atoms with Gasteiger partial charge in [0.15, 0.2) is 0 Å². The van der Waals surface area contributed by atoms with Crippen LogP contribution < -0.4 is 5.32 Å². The van der Waals surface area contributed by atoms with E-state index in [9.17, 15) is 8.42 Å². The maximum atomic E-state index is 11.4. The molecule has 2 aliphatic rings. The van der Waals surface area contributed by atoms with Crippen LogP contribution in [0.1, 0.15) is 6.42 Å². The lowest BCUT2D eigenvalue weighted by Gasteiger charge is -2.26. The van der Waals surface area contributed by atoms with E-state index in [2.05, 4.69) is 5.32 Å². The molecule has 0 spiro atoms. The third-order valence-electron chi connectivity index (χ3n) is 2.64. The molecular weight excluding hydrogens is 220 g/mol. The van der Waals surface area contributed by atoms with Crippen LogP contribution in [-0.2, 0) is 10.0 Å². The van der Waals surface area contributed by atoms with E-state index >= 15 is 0 Å². The van der Waals surface area contributed by atoms with Crippen molar-refractivity contribution in [2.75, 3.05) is 36.9 Å². The Kier molecular flexibility index (Phi) is 3.36. The second-order valence-electron chi connectivity index (χ2n) is 3.76. The smallest absolute Gasteiger partial charge is 0.214 e. The number of nitrogens with one attached hydrogen (secondary N) is 1. The highest BCUT2D eigenvalue weighted by molar-refractivity contribution is 8.00. The summed E-state index contributed by atoms with van der Waals surface area (Å²) in [5, 5.41) is 3.36. The van der Waals surface area contributed by atoms with Crippen LogP contribution in [0.15, 0.2) is 0 Å². The summed E-state index contributed by atoms with van der Waals surface area (Å²) in [6.07, 6.45) is 0.793. The zero-order valence-electron chi connectivity index (χ0n) is 8.11. The van der Waals surface area contributed by atoms with Gasteiger partial charge in [0.25, 0.3) is 0 Å². The quantitative estimate of drug-likeness (QED) is 0.730. The van der Waals surface area contributed by atoms with Gasteiger partial charge in [-0.2, -0.15) is 11.8 Å². The predicted octanol–water partition coefficient (Wildman–Crippen LogP) is -0.273. The monoisotopic (exact) mass is 236 g/mol. The maximum Gasteiger partial charge on any atom is 0.214 e. The van der Waals surface area contributed by atoms with Gasteiger partial charge >= 0.3 is 0 Å². The fraction of sp³-hybridized carbons (Fsp3) is 1.00. The lowest BCUT2D eigenvalue weighted by molar-refractivity contribution is 0.424. The number of sulfonamides is 1. The zero-order valence-corrected chi connectivity index (χ0v) is 9.74. The third-order valence-corrected chi connectivity index (χ3v) is 5.87. The highest BCUT2D eigenvalue weighted by atomic mass is 32.2. The van der Waals surface area contributed by atoms with E-state index in [4.69, 9.17) is 0 Å². The van der Waals surface area contributed by atoms with E-state index in [1.54, 1.807) is 4.31 Å². The van der Waals surface area contributed by atoms with Crippen molar-refractivity contribution in [1.29, 1.82) is 0 Å². The van der Waals surface area contributed by atoms with Crippen molar-refractivity contribution < 1.29 is 8.42 Å². The Morgan fingerprint density at radius 2 is 2.21 bits per heavy atom. The normalized spacial score (nSPS) is 27.7. The lowest BCUT2D eigenvalue weighted by Crippen LogP contribution is -2.44. The van der Waals surface area contributed by atoms with E-state index in [0.717, 1.165) is 13.0 Å². The second kappa shape index (κ2) is 4.38. The molecule has 14 heavy (non-hydrogen) atoms. The molecule has 2 fully saturated rings. The molecule has 0 bridgehead atoms. The Balaban J connectivity index is 1.69. The van der Waals surface area contributed by atoms with E-state index in [1.165, 1.54) is 11.5 Å². The fourth-order valence-corrected chi connectivity index (χ4v) is 3.93. The van der Waals surface area contributed by atoms with Crippen molar-refractivity contribution in [3.8, 4) is 0 Å². The van der Waals surface area contributed by atoms with Gasteiger partial charge in [0.05, 0.1) is 5.75 Å². The largest absolute Gasteiger partial charge is 0.311 e. The molecule has 0 atom stereocenters. The highest BCUT2D eigenvalue weighted by Crippen LogP contribution is 2.17. The van der Waals surface area contributed by atoms with Gasteiger partial charge in [0.1, 0.15) is 0 Å². The molecule has 82 valence electrons. The molecule has 2 saturated heterocycles. The van der Waals surface area contributed by atoms with E-state index < -0.39 is 10.0 Å². The third kappa shape index (κ3) is 2.42. The van der Waals surface area contributed by atoms with Crippen molar-refractivity contribution in [1.82, 2.24) is 9.62 Å². The number of rotatable bonds is 4. The van der Waals surface area contributed by atoms with Gasteiger partial charge in [-0.3, -0.25) is 0 Å². The van der Waals surface area contributed by atoms with Gasteiger partial charge in [0.2, 0.25) is 10.0 Å². The first-order chi connectivity index (χ1) is 6.68. The van der Waals surface area contributed by atoms with E-state index in [-0.39, 0.29) is 0 Å². The SMILES string of the molecule is O=S1(=O)CCCN1CCNC1CSC1. The molecule has 0 aromatic rings. The van der Waals surface area contributed by atoms with Crippen LogP contribution in [0, 0.1) is 0 Å². The molecule has 4 nitrogen and oxygen atoms in total. The summed E-state index contributed by atoms with van der Waals surface area (Å²) in [5.74, 6) is 2.69. The highest BCUT2D eigenvalue weighted by Gasteiger charge is 2.27. The zero-order chi connectivity index (χ0) is 10.0. The fourth-order valence-electron chi connectivity index (χ4n) is 1.69. The summed E-state index contributed by atoms with van der Waals surface area (Å²) in [7, 11) is -2.89. The second-order valence-corrected chi connectivity index (χ2v) is 6.92. The van der Waals surface area contributed by atoms with Gasteiger partial charge in [0, 0.05) is 37.2 Å². The topological polar surface area (TPSA) is 49.4 Å². The van der Waals surface area contributed by atoms with Crippen molar-refractivity contribution >= 4 is 21.8 Å². The number of hydrogen-bond donors (Lipinski definition) is 1. The first-order valence-corrected chi connectivity index (χ1v) is 7.74. The molecule has 0 amide bonds. The predicted molar refractivity (Wildman–Crippen MR) is 59.1 cm³/mol. The van der Waals surface area contributed by atoms with E-state index in [1.807, 2.05) is 11.8 Å². The Morgan fingerprint density at radius 3 is 2.71 bits per heavy atom. The van der Waals surface area contributed by atoms with E-state index in [0.29, 0.717) is 24.9 Å². The first kappa shape index (κ1) is 10.7. The van der Waals surface area contributed by atoms with Crippen LogP contribution in [0.4, 0.5) is 0 Å². The average Bonchev–Trinajstić information content (AvgIpc) is 2.36. The summed E-state index contributed by atoms with van der Waals surface area (Å²) < 4.78 is 24.4. The summed E-state index contributed by atoms with van der Waals surface area (Å²) in [5.41, 5.74) is 0. The van der Waals surface area contributed by atoms with Crippen LogP contribution in [0.25, 0.3) is 0 Å². The molecule has 2 heterocycles. The van der Waals surface area contributed by atoms with Crippen molar-refractivity contribution in [2.45, 2.75) is 12.5 Å². The Morgan fingerprint density at radius 1 is 1.43 bits per heavy atom. The number of hydrogen-bond acceptors (Lipinski definition) is 4. The summed E-state index contributed by atoms with van der Waals surface area (Å²) in [4.78, 5) is 0. The summed E-state index contributed by atoms with van der Waals surface area (Å²) in [6.45, 7) is 2.15. The number of nitrogens with zero attached hydrogens (tertiary/aromatic N) is 1. The Labute approximate surface area is 89.5 Å². The summed E-state index contributed by atoms with van der Waals surface area (Å²) >= 11 is 1.93. The standard InChI is InChI=1S/C8H16N2O2S2/c11-14(12)5-1-3-10(14)4-2-9-8-6-13-7-8/h8-9H,1-7H2. The van der Waals surface area contributed by atoms with Crippen molar-refractivity contribution in [3.05, 3.63) is 0 Å². The molecule has 6 heteroatoms. The van der Waals surface area contributed by atoms with Crippen LogP contribution in [0.2, 0.25) is 0 Å². The number of thioether (sulfide) groups is 1. The molecule has 0 aliphatic carbocycles. The molecule has 1 N–H and O–H groups in total. The molecule has 2 aliphatic heterocycles. The Bertz CT molecular complexity index is 288. The minimum atomic E-state index is -2.89. The Hall–Kier alpha value is 0.220.